The summed E-state index contributed by atoms with van der Waals surface area (Å²) in [5.74, 6) is -0.374. The molecule has 102 valence electrons. The van der Waals surface area contributed by atoms with Crippen molar-refractivity contribution < 1.29 is 9.59 Å². The summed E-state index contributed by atoms with van der Waals surface area (Å²) in [6, 6.07) is 10.3. The second-order valence-electron chi connectivity index (χ2n) is 4.57. The van der Waals surface area contributed by atoms with Crippen molar-refractivity contribution in [2.75, 3.05) is 13.1 Å². The Kier molecular flexibility index (Phi) is 3.20. The molecule has 1 saturated heterocycles. The summed E-state index contributed by atoms with van der Waals surface area (Å²) >= 11 is 0. The number of rotatable bonds is 2. The highest BCUT2D eigenvalue weighted by molar-refractivity contribution is 5.97. The molecule has 3 rings (SSSR count). The third-order valence-electron chi connectivity index (χ3n) is 3.32. The number of hydrogen-bond donors (Lipinski definition) is 2. The number of aromatic nitrogens is 2. The lowest BCUT2D eigenvalue weighted by Crippen LogP contribution is -2.52. The van der Waals surface area contributed by atoms with Gasteiger partial charge in [-0.1, -0.05) is 30.3 Å². The van der Waals surface area contributed by atoms with Crippen molar-refractivity contribution >= 4 is 11.8 Å². The van der Waals surface area contributed by atoms with Crippen LogP contribution in [-0.2, 0) is 4.79 Å². The lowest BCUT2D eigenvalue weighted by Gasteiger charge is -2.35. The fraction of sp³-hybridized carbons (Fsp3) is 0.214. The van der Waals surface area contributed by atoms with Gasteiger partial charge in [0.05, 0.1) is 0 Å². The Balaban J connectivity index is 1.95. The summed E-state index contributed by atoms with van der Waals surface area (Å²) in [5, 5.41) is 9.23. The summed E-state index contributed by atoms with van der Waals surface area (Å²) in [7, 11) is 0. The molecular formula is C14H14N4O2. The van der Waals surface area contributed by atoms with Gasteiger partial charge in [0.1, 0.15) is 11.7 Å². The Morgan fingerprint density at radius 3 is 2.75 bits per heavy atom. The van der Waals surface area contributed by atoms with Gasteiger partial charge >= 0.3 is 0 Å². The van der Waals surface area contributed by atoms with Crippen molar-refractivity contribution in [2.24, 2.45) is 0 Å². The molecule has 6 heteroatoms. The van der Waals surface area contributed by atoms with Crippen LogP contribution in [0.15, 0.2) is 42.6 Å². The Labute approximate surface area is 115 Å². The average molecular weight is 270 g/mol. The third-order valence-corrected chi connectivity index (χ3v) is 3.32. The zero-order valence-electron chi connectivity index (χ0n) is 10.7. The van der Waals surface area contributed by atoms with E-state index in [0.29, 0.717) is 18.8 Å². The standard InChI is InChI=1S/C14H14N4O2/c19-13-12(10-4-2-1-3-5-10)18(9-8-15-13)14(20)11-6-7-16-17-11/h1-7,12H,8-9H2,(H,15,19)(H,16,17)/t12-/m1/s1. The van der Waals surface area contributed by atoms with Gasteiger partial charge in [-0.15, -0.1) is 0 Å². The largest absolute Gasteiger partial charge is 0.352 e. The molecule has 20 heavy (non-hydrogen) atoms. The van der Waals surface area contributed by atoms with Gasteiger partial charge in [0, 0.05) is 19.3 Å². The van der Waals surface area contributed by atoms with E-state index in [4.69, 9.17) is 0 Å². The molecule has 1 aliphatic rings. The number of nitrogens with one attached hydrogen (secondary N) is 2. The van der Waals surface area contributed by atoms with E-state index in [1.807, 2.05) is 30.3 Å². The molecule has 2 aromatic rings. The molecule has 1 aromatic carbocycles. The van der Waals surface area contributed by atoms with E-state index in [9.17, 15) is 9.59 Å². The molecule has 1 atom stereocenters. The fourth-order valence-electron chi connectivity index (χ4n) is 2.38. The highest BCUT2D eigenvalue weighted by atomic mass is 16.2. The van der Waals surface area contributed by atoms with Crippen LogP contribution < -0.4 is 5.32 Å². The lowest BCUT2D eigenvalue weighted by molar-refractivity contribution is -0.128. The maximum absolute atomic E-state index is 12.5. The number of carbonyl (C=O) groups is 2. The molecule has 1 aromatic heterocycles. The fourth-order valence-corrected chi connectivity index (χ4v) is 2.38. The van der Waals surface area contributed by atoms with Gasteiger partial charge in [0.25, 0.3) is 5.91 Å². The Hall–Kier alpha value is -2.63. The van der Waals surface area contributed by atoms with Gasteiger partial charge in [-0.05, 0) is 11.6 Å². The van der Waals surface area contributed by atoms with Crippen LogP contribution >= 0.6 is 0 Å². The molecule has 0 radical (unpaired) electrons. The minimum Gasteiger partial charge on any atom is -0.352 e. The first-order valence-corrected chi connectivity index (χ1v) is 6.40. The van der Waals surface area contributed by atoms with Crippen LogP contribution in [0.1, 0.15) is 22.1 Å². The molecular weight excluding hydrogens is 256 g/mol. The molecule has 2 heterocycles. The number of aromatic amines is 1. The number of hydrogen-bond acceptors (Lipinski definition) is 3. The second kappa shape index (κ2) is 5.16. The average Bonchev–Trinajstić information content (AvgIpc) is 3.01. The molecule has 0 saturated carbocycles. The lowest BCUT2D eigenvalue weighted by atomic mass is 10.0. The smallest absolute Gasteiger partial charge is 0.272 e. The van der Waals surface area contributed by atoms with Gasteiger partial charge < -0.3 is 10.2 Å². The predicted molar refractivity (Wildman–Crippen MR) is 71.8 cm³/mol. The Morgan fingerprint density at radius 2 is 2.05 bits per heavy atom. The minimum absolute atomic E-state index is 0.157. The topological polar surface area (TPSA) is 78.1 Å². The van der Waals surface area contributed by atoms with Crippen LogP contribution in [0.4, 0.5) is 0 Å². The van der Waals surface area contributed by atoms with Crippen LogP contribution in [0.2, 0.25) is 0 Å². The van der Waals surface area contributed by atoms with Crippen LogP contribution in [0.25, 0.3) is 0 Å². The van der Waals surface area contributed by atoms with E-state index < -0.39 is 6.04 Å². The van der Waals surface area contributed by atoms with Gasteiger partial charge in [-0.25, -0.2) is 0 Å². The van der Waals surface area contributed by atoms with Crippen LogP contribution in [0, 0.1) is 0 Å². The zero-order valence-corrected chi connectivity index (χ0v) is 10.7. The van der Waals surface area contributed by atoms with Gasteiger partial charge in [-0.2, -0.15) is 5.10 Å². The first-order chi connectivity index (χ1) is 9.77. The molecule has 0 bridgehead atoms. The molecule has 0 unspecified atom stereocenters. The summed E-state index contributed by atoms with van der Waals surface area (Å²) in [4.78, 5) is 26.2. The molecule has 2 amide bonds. The molecule has 0 aliphatic carbocycles. The molecule has 6 nitrogen and oxygen atoms in total. The normalized spacial score (nSPS) is 18.7. The van der Waals surface area contributed by atoms with Gasteiger partial charge in [-0.3, -0.25) is 14.7 Å². The number of nitrogens with zero attached hydrogens (tertiary/aromatic N) is 2. The van der Waals surface area contributed by atoms with Crippen molar-refractivity contribution in [1.82, 2.24) is 20.4 Å². The van der Waals surface area contributed by atoms with Crippen LogP contribution in [0.3, 0.4) is 0 Å². The van der Waals surface area contributed by atoms with E-state index in [0.717, 1.165) is 5.56 Å². The van der Waals surface area contributed by atoms with Crippen LogP contribution in [-0.4, -0.2) is 40.0 Å². The molecule has 0 spiro atoms. The maximum Gasteiger partial charge on any atom is 0.272 e. The van der Waals surface area contributed by atoms with E-state index >= 15 is 0 Å². The quantitative estimate of drug-likeness (QED) is 0.844. The number of benzene rings is 1. The Morgan fingerprint density at radius 1 is 1.25 bits per heavy atom. The van der Waals surface area contributed by atoms with Crippen molar-refractivity contribution in [3.05, 3.63) is 53.9 Å². The number of carbonyl (C=O) groups excluding carboxylic acids is 2. The van der Waals surface area contributed by atoms with E-state index in [-0.39, 0.29) is 11.8 Å². The van der Waals surface area contributed by atoms with E-state index in [1.54, 1.807) is 11.0 Å². The van der Waals surface area contributed by atoms with E-state index in [1.165, 1.54) is 6.20 Å². The monoisotopic (exact) mass is 270 g/mol. The summed E-state index contributed by atoms with van der Waals surface area (Å²) in [6.07, 6.45) is 1.52. The van der Waals surface area contributed by atoms with Gasteiger partial charge in [0.15, 0.2) is 0 Å². The molecule has 1 fully saturated rings. The predicted octanol–water partition coefficient (Wildman–Crippen LogP) is 0.723. The molecule has 1 aliphatic heterocycles. The highest BCUT2D eigenvalue weighted by Gasteiger charge is 2.34. The van der Waals surface area contributed by atoms with Gasteiger partial charge in [0.2, 0.25) is 5.91 Å². The van der Waals surface area contributed by atoms with E-state index in [2.05, 4.69) is 15.5 Å². The number of piperazine rings is 1. The second-order valence-corrected chi connectivity index (χ2v) is 4.57. The number of H-pyrrole nitrogens is 1. The highest BCUT2D eigenvalue weighted by Crippen LogP contribution is 2.24. The SMILES string of the molecule is O=C1NCCN(C(=O)c2ccn[nH]2)[C@@H]1c1ccccc1. The first-order valence-electron chi connectivity index (χ1n) is 6.40. The van der Waals surface area contributed by atoms with Crippen molar-refractivity contribution in [3.8, 4) is 0 Å². The third kappa shape index (κ3) is 2.16. The summed E-state index contributed by atoms with van der Waals surface area (Å²) < 4.78 is 0. The maximum atomic E-state index is 12.5. The Bertz CT molecular complexity index is 609. The summed E-state index contributed by atoms with van der Waals surface area (Å²) in [6.45, 7) is 0.936. The zero-order chi connectivity index (χ0) is 13.9. The first kappa shape index (κ1) is 12.4. The summed E-state index contributed by atoms with van der Waals surface area (Å²) in [5.41, 5.74) is 1.19. The molecule has 2 N–H and O–H groups in total. The number of amides is 2. The van der Waals surface area contributed by atoms with Crippen molar-refractivity contribution in [1.29, 1.82) is 0 Å². The van der Waals surface area contributed by atoms with Crippen molar-refractivity contribution in [2.45, 2.75) is 6.04 Å². The van der Waals surface area contributed by atoms with Crippen LogP contribution in [0.5, 0.6) is 0 Å². The van der Waals surface area contributed by atoms with Crippen molar-refractivity contribution in [3.63, 3.8) is 0 Å². The minimum atomic E-state index is -0.597.